The van der Waals surface area contributed by atoms with Crippen molar-refractivity contribution >= 4 is 0 Å². The summed E-state index contributed by atoms with van der Waals surface area (Å²) in [7, 11) is 0. The second kappa shape index (κ2) is 5.53. The largest absolute Gasteiger partial charge is 0.481 e. The maximum Gasteiger partial charge on any atom is 0.165 e. The number of benzene rings is 2. The van der Waals surface area contributed by atoms with Crippen molar-refractivity contribution in [3.8, 4) is 5.75 Å². The standard InChI is InChI=1S/C16H17O/c1-13(2)15-8-10-16(11-9-15)17-12-14-6-4-3-5-7-14/h3-13H,1-2H3. The maximum absolute atomic E-state index is 5.60. The number of hydrogen-bond donors (Lipinski definition) is 0. The molecule has 0 saturated heterocycles. The summed E-state index contributed by atoms with van der Waals surface area (Å²) in [6.07, 6.45) is 0. The van der Waals surface area contributed by atoms with Gasteiger partial charge in [0.25, 0.3) is 0 Å². The van der Waals surface area contributed by atoms with Crippen molar-refractivity contribution in [1.82, 2.24) is 0 Å². The van der Waals surface area contributed by atoms with E-state index < -0.39 is 0 Å². The van der Waals surface area contributed by atoms with E-state index >= 15 is 0 Å². The van der Waals surface area contributed by atoms with Gasteiger partial charge in [0.2, 0.25) is 0 Å². The first-order valence-electron chi connectivity index (χ1n) is 5.90. The van der Waals surface area contributed by atoms with E-state index in [2.05, 4.69) is 26.0 Å². The fraction of sp³-hybridized carbons (Fsp3) is 0.188. The van der Waals surface area contributed by atoms with Gasteiger partial charge in [0.15, 0.2) is 6.61 Å². The summed E-state index contributed by atoms with van der Waals surface area (Å²) >= 11 is 0. The average Bonchev–Trinajstić information content (AvgIpc) is 2.38. The minimum absolute atomic E-state index is 0.558. The summed E-state index contributed by atoms with van der Waals surface area (Å²) in [4.78, 5) is 0. The van der Waals surface area contributed by atoms with Crippen molar-refractivity contribution in [2.45, 2.75) is 19.8 Å². The summed E-state index contributed by atoms with van der Waals surface area (Å²) in [6, 6.07) is 18.3. The van der Waals surface area contributed by atoms with Crippen LogP contribution in [0, 0.1) is 6.61 Å². The third-order valence-electron chi connectivity index (χ3n) is 2.68. The van der Waals surface area contributed by atoms with Crippen molar-refractivity contribution in [2.75, 3.05) is 0 Å². The molecule has 2 aromatic carbocycles. The Bertz CT molecular complexity index is 443. The molecule has 0 atom stereocenters. The lowest BCUT2D eigenvalue weighted by molar-refractivity contribution is 0.428. The van der Waals surface area contributed by atoms with Crippen molar-refractivity contribution in [1.29, 1.82) is 0 Å². The molecule has 17 heavy (non-hydrogen) atoms. The van der Waals surface area contributed by atoms with Crippen LogP contribution in [0.3, 0.4) is 0 Å². The van der Waals surface area contributed by atoms with Crippen LogP contribution in [0.4, 0.5) is 0 Å². The highest BCUT2D eigenvalue weighted by molar-refractivity contribution is 5.30. The zero-order chi connectivity index (χ0) is 12.1. The predicted molar refractivity (Wildman–Crippen MR) is 71.0 cm³/mol. The average molecular weight is 225 g/mol. The third kappa shape index (κ3) is 3.35. The molecular weight excluding hydrogens is 208 g/mol. The predicted octanol–water partition coefficient (Wildman–Crippen LogP) is 4.40. The molecule has 0 aromatic heterocycles. The van der Waals surface area contributed by atoms with E-state index in [9.17, 15) is 0 Å². The van der Waals surface area contributed by atoms with Crippen LogP contribution < -0.4 is 4.74 Å². The van der Waals surface area contributed by atoms with E-state index in [1.54, 1.807) is 6.61 Å². The maximum atomic E-state index is 5.60. The summed E-state index contributed by atoms with van der Waals surface area (Å²) in [5.41, 5.74) is 2.40. The van der Waals surface area contributed by atoms with Crippen LogP contribution in [0.1, 0.15) is 30.9 Å². The molecule has 0 fully saturated rings. The molecular formula is C16H17O. The van der Waals surface area contributed by atoms with Gasteiger partial charge in [-0.3, -0.25) is 0 Å². The van der Waals surface area contributed by atoms with Gasteiger partial charge in [0, 0.05) is 0 Å². The highest BCUT2D eigenvalue weighted by Gasteiger charge is 2.00. The molecule has 0 N–H and O–H groups in total. The topological polar surface area (TPSA) is 9.23 Å². The summed E-state index contributed by atoms with van der Waals surface area (Å²) in [5.74, 6) is 1.43. The Morgan fingerprint density at radius 1 is 0.882 bits per heavy atom. The van der Waals surface area contributed by atoms with Gasteiger partial charge in [-0.05, 0) is 29.2 Å². The van der Waals surface area contributed by atoms with Crippen LogP contribution in [0.15, 0.2) is 54.6 Å². The van der Waals surface area contributed by atoms with Crippen LogP contribution in [0.25, 0.3) is 0 Å². The molecule has 0 aliphatic heterocycles. The molecule has 0 bridgehead atoms. The smallest absolute Gasteiger partial charge is 0.165 e. The van der Waals surface area contributed by atoms with Crippen molar-refractivity contribution in [2.24, 2.45) is 0 Å². The Balaban J connectivity index is 1.96. The molecule has 1 nitrogen and oxygen atoms in total. The van der Waals surface area contributed by atoms with E-state index in [1.807, 2.05) is 42.5 Å². The van der Waals surface area contributed by atoms with Gasteiger partial charge in [-0.1, -0.05) is 56.3 Å². The molecule has 0 aliphatic carbocycles. The lowest BCUT2D eigenvalue weighted by Gasteiger charge is -2.08. The second-order valence-electron chi connectivity index (χ2n) is 4.37. The van der Waals surface area contributed by atoms with Gasteiger partial charge in [-0.25, -0.2) is 0 Å². The van der Waals surface area contributed by atoms with Gasteiger partial charge in [-0.2, -0.15) is 0 Å². The van der Waals surface area contributed by atoms with Gasteiger partial charge in [-0.15, -0.1) is 0 Å². The van der Waals surface area contributed by atoms with Crippen molar-refractivity contribution in [3.63, 3.8) is 0 Å². The Hall–Kier alpha value is -1.76. The molecule has 0 saturated carbocycles. The first kappa shape index (κ1) is 11.7. The zero-order valence-corrected chi connectivity index (χ0v) is 10.3. The van der Waals surface area contributed by atoms with Crippen LogP contribution in [0.5, 0.6) is 5.75 Å². The normalized spacial score (nSPS) is 10.5. The van der Waals surface area contributed by atoms with Crippen LogP contribution in [-0.2, 0) is 0 Å². The summed E-state index contributed by atoms with van der Waals surface area (Å²) in [6.45, 7) is 6.14. The lowest BCUT2D eigenvalue weighted by atomic mass is 10.0. The second-order valence-corrected chi connectivity index (χ2v) is 4.37. The fourth-order valence-electron chi connectivity index (χ4n) is 1.60. The monoisotopic (exact) mass is 225 g/mol. The SMILES string of the molecule is CC(C)c1ccc(O[CH]c2ccccc2)cc1. The van der Waals surface area contributed by atoms with Gasteiger partial charge in [0.1, 0.15) is 5.75 Å². The number of rotatable bonds is 4. The minimum atomic E-state index is 0.558. The van der Waals surface area contributed by atoms with E-state index in [0.29, 0.717) is 5.92 Å². The van der Waals surface area contributed by atoms with E-state index in [0.717, 1.165) is 11.3 Å². The van der Waals surface area contributed by atoms with E-state index in [4.69, 9.17) is 4.74 Å². The molecule has 1 heteroatoms. The van der Waals surface area contributed by atoms with Gasteiger partial charge in [0.05, 0.1) is 0 Å². The highest BCUT2D eigenvalue weighted by Crippen LogP contribution is 2.19. The molecule has 0 spiro atoms. The van der Waals surface area contributed by atoms with Crippen LogP contribution >= 0.6 is 0 Å². The van der Waals surface area contributed by atoms with Crippen LogP contribution in [-0.4, -0.2) is 0 Å². The van der Waals surface area contributed by atoms with Gasteiger partial charge >= 0.3 is 0 Å². The first-order valence-corrected chi connectivity index (χ1v) is 5.90. The Kier molecular flexibility index (Phi) is 3.81. The quantitative estimate of drug-likeness (QED) is 0.749. The highest BCUT2D eigenvalue weighted by atomic mass is 16.5. The fourth-order valence-corrected chi connectivity index (χ4v) is 1.60. The summed E-state index contributed by atoms with van der Waals surface area (Å²) < 4.78 is 5.60. The molecule has 0 aliphatic rings. The Labute approximate surface area is 103 Å². The number of ether oxygens (including phenoxy) is 1. The molecule has 2 aromatic rings. The third-order valence-corrected chi connectivity index (χ3v) is 2.68. The molecule has 1 radical (unpaired) electrons. The Morgan fingerprint density at radius 2 is 1.53 bits per heavy atom. The summed E-state index contributed by atoms with van der Waals surface area (Å²) in [5, 5.41) is 0. The van der Waals surface area contributed by atoms with Crippen molar-refractivity contribution < 1.29 is 4.74 Å². The molecule has 0 unspecified atom stereocenters. The van der Waals surface area contributed by atoms with E-state index in [-0.39, 0.29) is 0 Å². The van der Waals surface area contributed by atoms with E-state index in [1.165, 1.54) is 5.56 Å². The lowest BCUT2D eigenvalue weighted by Crippen LogP contribution is -1.92. The minimum Gasteiger partial charge on any atom is -0.481 e. The van der Waals surface area contributed by atoms with Crippen molar-refractivity contribution in [3.05, 3.63) is 72.3 Å². The number of hydrogen-bond acceptors (Lipinski definition) is 1. The molecule has 0 amide bonds. The zero-order valence-electron chi connectivity index (χ0n) is 10.3. The molecule has 0 heterocycles. The molecule has 87 valence electrons. The van der Waals surface area contributed by atoms with Gasteiger partial charge < -0.3 is 4.74 Å². The first-order chi connectivity index (χ1) is 8.25. The molecule has 2 rings (SSSR count). The Morgan fingerprint density at radius 3 is 2.12 bits per heavy atom. The van der Waals surface area contributed by atoms with Crippen LogP contribution in [0.2, 0.25) is 0 Å².